The average Bonchev–Trinajstić information content (AvgIpc) is 2.67. The first-order valence-electron chi connectivity index (χ1n) is 8.94. The van der Waals surface area contributed by atoms with Gasteiger partial charge < -0.3 is 19.5 Å². The lowest BCUT2D eigenvalue weighted by molar-refractivity contribution is -0.302. The third-order valence-electron chi connectivity index (χ3n) is 3.57. The van der Waals surface area contributed by atoms with Crippen molar-refractivity contribution in [3.63, 3.8) is 0 Å². The Hall–Kier alpha value is -3.26. The van der Waals surface area contributed by atoms with Gasteiger partial charge in [0.15, 0.2) is 0 Å². The first-order chi connectivity index (χ1) is 16.9. The van der Waals surface area contributed by atoms with Gasteiger partial charge in [0.05, 0.1) is 0 Å². The van der Waals surface area contributed by atoms with Gasteiger partial charge in [0.25, 0.3) is 12.2 Å². The number of ether oxygens (including phenoxy) is 3. The molecule has 7 nitrogen and oxygen atoms in total. The number of nitrogens with one attached hydrogen (secondary N) is 1. The van der Waals surface area contributed by atoms with E-state index in [0.717, 1.165) is 24.3 Å². The van der Waals surface area contributed by atoms with Crippen molar-refractivity contribution in [3.8, 4) is 17.8 Å². The number of halogens is 15. The van der Waals surface area contributed by atoms with Crippen LogP contribution >= 0.6 is 11.6 Å². The van der Waals surface area contributed by atoms with Crippen LogP contribution < -0.4 is 19.5 Å². The van der Waals surface area contributed by atoms with Crippen LogP contribution in [0.4, 0.5) is 73.1 Å². The van der Waals surface area contributed by atoms with E-state index in [-0.39, 0.29) is 5.69 Å². The fourth-order valence-corrected chi connectivity index (χ4v) is 2.31. The second-order valence-corrected chi connectivity index (χ2v) is 7.02. The zero-order chi connectivity index (χ0) is 29.3. The fraction of sp³-hybridized carbons (Fsp3) is 0.438. The Morgan fingerprint density at radius 2 is 0.974 bits per heavy atom. The van der Waals surface area contributed by atoms with Crippen molar-refractivity contribution in [3.05, 3.63) is 24.3 Å². The highest BCUT2D eigenvalue weighted by molar-refractivity contribution is 6.20. The minimum absolute atomic E-state index is 0.357. The number of alkyl halides is 15. The molecule has 0 fully saturated rings. The molecule has 0 saturated heterocycles. The van der Waals surface area contributed by atoms with E-state index in [2.05, 4.69) is 40.8 Å². The molecule has 2 rings (SSSR count). The normalized spacial score (nSPS) is 13.6. The molecular formula is C16H7ClF14N4O3. The highest BCUT2D eigenvalue weighted by Crippen LogP contribution is 2.38. The van der Waals surface area contributed by atoms with E-state index < -0.39 is 66.2 Å². The average molecular weight is 605 g/mol. The first-order valence-corrected chi connectivity index (χ1v) is 9.32. The SMILES string of the molecule is FC(F)(Cl)Oc1ccc(Nc2nc(OC(C(F)(F)F)C(F)(F)F)nc(OC(C(F)(F)F)C(F)(F)F)n2)cc1. The molecule has 1 N–H and O–H groups in total. The van der Waals surface area contributed by atoms with Gasteiger partial charge in [0.1, 0.15) is 5.75 Å². The van der Waals surface area contributed by atoms with Crippen molar-refractivity contribution in [2.75, 3.05) is 5.32 Å². The van der Waals surface area contributed by atoms with Gasteiger partial charge in [0.2, 0.25) is 5.95 Å². The minimum atomic E-state index is -6.19. The van der Waals surface area contributed by atoms with Gasteiger partial charge in [-0.05, 0) is 24.3 Å². The first kappa shape index (κ1) is 31.0. The summed E-state index contributed by atoms with van der Waals surface area (Å²) in [4.78, 5) is 8.42. The summed E-state index contributed by atoms with van der Waals surface area (Å²) in [5, 5.41) is 1.95. The van der Waals surface area contributed by atoms with Crippen LogP contribution in [0.3, 0.4) is 0 Å². The summed E-state index contributed by atoms with van der Waals surface area (Å²) < 4.78 is 190. The third kappa shape index (κ3) is 9.24. The molecular weight excluding hydrogens is 598 g/mol. The van der Waals surface area contributed by atoms with Gasteiger partial charge in [-0.2, -0.15) is 62.7 Å². The molecule has 0 aliphatic rings. The van der Waals surface area contributed by atoms with Crippen molar-refractivity contribution >= 4 is 23.2 Å². The number of benzene rings is 1. The van der Waals surface area contributed by atoms with Gasteiger partial charge >= 0.3 is 42.3 Å². The largest absolute Gasteiger partial charge is 0.487 e. The molecule has 2 aromatic rings. The fourth-order valence-electron chi connectivity index (χ4n) is 2.22. The third-order valence-corrected chi connectivity index (χ3v) is 3.65. The summed E-state index contributed by atoms with van der Waals surface area (Å²) in [6.07, 6.45) is -34.1. The van der Waals surface area contributed by atoms with Gasteiger partial charge in [0, 0.05) is 17.3 Å². The second-order valence-electron chi connectivity index (χ2n) is 6.58. The monoisotopic (exact) mass is 604 g/mol. The van der Waals surface area contributed by atoms with E-state index in [1.165, 1.54) is 0 Å². The van der Waals surface area contributed by atoms with Crippen LogP contribution in [0.5, 0.6) is 17.8 Å². The number of rotatable bonds is 8. The van der Waals surface area contributed by atoms with E-state index in [4.69, 9.17) is 0 Å². The molecule has 0 radical (unpaired) electrons. The molecule has 0 amide bonds. The number of aromatic nitrogens is 3. The molecule has 0 atom stereocenters. The molecule has 1 aromatic carbocycles. The van der Waals surface area contributed by atoms with E-state index in [1.807, 2.05) is 5.32 Å². The maximum atomic E-state index is 12.8. The highest BCUT2D eigenvalue weighted by atomic mass is 35.5. The maximum Gasteiger partial charge on any atom is 0.487 e. The van der Waals surface area contributed by atoms with Gasteiger partial charge in [-0.1, -0.05) is 0 Å². The molecule has 0 spiro atoms. The number of hydrogen-bond donors (Lipinski definition) is 1. The Labute approximate surface area is 204 Å². The van der Waals surface area contributed by atoms with Crippen molar-refractivity contribution in [2.45, 2.75) is 42.5 Å². The van der Waals surface area contributed by atoms with Crippen LogP contribution in [0, 0.1) is 0 Å². The van der Waals surface area contributed by atoms with Crippen molar-refractivity contribution in [1.82, 2.24) is 15.0 Å². The molecule has 0 saturated carbocycles. The van der Waals surface area contributed by atoms with E-state index in [9.17, 15) is 61.5 Å². The van der Waals surface area contributed by atoms with Gasteiger partial charge in [-0.15, -0.1) is 13.8 Å². The van der Waals surface area contributed by atoms with Crippen molar-refractivity contribution < 1.29 is 75.7 Å². The predicted molar refractivity (Wildman–Crippen MR) is 94.0 cm³/mol. The Bertz CT molecular complexity index is 1000. The standard InChI is InChI=1S/C16H7ClF14N4O3/c17-16(30,31)38-6-3-1-5(2-4-6)32-9-33-10(36-7(12(18,19)20)13(21,22)23)35-11(34-9)37-8(14(24,25)26)15(27,28)29/h1-4,7-8H,(H,32,33,34,35). The van der Waals surface area contributed by atoms with Crippen LogP contribution in [0.2, 0.25) is 0 Å². The lowest BCUT2D eigenvalue weighted by atomic mass is 10.3. The van der Waals surface area contributed by atoms with E-state index >= 15 is 0 Å². The minimum Gasteiger partial charge on any atom is -0.440 e. The Kier molecular flexibility index (Phi) is 8.54. The lowest BCUT2D eigenvalue weighted by Crippen LogP contribution is -2.47. The summed E-state index contributed by atoms with van der Waals surface area (Å²) in [5.41, 5.74) is -4.52. The van der Waals surface area contributed by atoms with Crippen molar-refractivity contribution in [2.24, 2.45) is 0 Å². The molecule has 1 aromatic heterocycles. The summed E-state index contributed by atoms with van der Waals surface area (Å²) in [7, 11) is 0. The zero-order valence-corrected chi connectivity index (χ0v) is 18.0. The molecule has 22 heteroatoms. The molecule has 0 bridgehead atoms. The summed E-state index contributed by atoms with van der Waals surface area (Å²) in [5.74, 6) is -1.87. The van der Waals surface area contributed by atoms with Gasteiger partial charge in [-0.25, -0.2) is 0 Å². The van der Waals surface area contributed by atoms with Crippen LogP contribution in [0.1, 0.15) is 0 Å². The van der Waals surface area contributed by atoms with Crippen LogP contribution in [0.15, 0.2) is 24.3 Å². The predicted octanol–water partition coefficient (Wildman–Crippen LogP) is 6.53. The smallest absolute Gasteiger partial charge is 0.440 e. The number of nitrogens with zero attached hydrogens (tertiary/aromatic N) is 3. The maximum absolute atomic E-state index is 12.8. The van der Waals surface area contributed by atoms with Crippen LogP contribution in [0.25, 0.3) is 0 Å². The molecule has 214 valence electrons. The van der Waals surface area contributed by atoms with E-state index in [1.54, 1.807) is 0 Å². The quantitative estimate of drug-likeness (QED) is 0.271. The van der Waals surface area contributed by atoms with E-state index in [0.29, 0.717) is 0 Å². The Morgan fingerprint density at radius 1 is 0.605 bits per heavy atom. The van der Waals surface area contributed by atoms with Gasteiger partial charge in [-0.3, -0.25) is 0 Å². The lowest BCUT2D eigenvalue weighted by Gasteiger charge is -2.24. The zero-order valence-electron chi connectivity index (χ0n) is 17.2. The molecule has 0 aliphatic heterocycles. The number of anilines is 2. The highest BCUT2D eigenvalue weighted by Gasteiger charge is 2.61. The van der Waals surface area contributed by atoms with Crippen LogP contribution in [-0.4, -0.2) is 57.4 Å². The summed E-state index contributed by atoms with van der Waals surface area (Å²) in [6, 6.07) is -0.928. The molecule has 0 unspecified atom stereocenters. The molecule has 38 heavy (non-hydrogen) atoms. The Balaban J connectivity index is 2.50. The van der Waals surface area contributed by atoms with Crippen LogP contribution in [-0.2, 0) is 0 Å². The summed E-state index contributed by atoms with van der Waals surface area (Å²) >= 11 is 4.54. The van der Waals surface area contributed by atoms with Crippen molar-refractivity contribution in [1.29, 1.82) is 0 Å². The number of hydrogen-bond acceptors (Lipinski definition) is 7. The molecule has 1 heterocycles. The summed E-state index contributed by atoms with van der Waals surface area (Å²) in [6.45, 7) is 0. The topological polar surface area (TPSA) is 78.4 Å². The second kappa shape index (κ2) is 10.5. The molecule has 0 aliphatic carbocycles. The Morgan fingerprint density at radius 3 is 1.29 bits per heavy atom.